The second-order valence-corrected chi connectivity index (χ2v) is 3.66. The Morgan fingerprint density at radius 3 is 2.15 bits per heavy atom. The molecule has 0 N–H and O–H groups in total. The van der Waals surface area contributed by atoms with E-state index in [0.717, 1.165) is 4.90 Å². The highest BCUT2D eigenvalue weighted by Crippen LogP contribution is 2.26. The van der Waals surface area contributed by atoms with Gasteiger partial charge in [0.2, 0.25) is 0 Å². The molecule has 0 saturated carbocycles. The number of carbonyl (C=O) groups excluding carboxylic acids is 2. The Hall–Kier alpha value is -1.10. The molecular formula is C8H6BNO2S. The lowest BCUT2D eigenvalue weighted by Crippen LogP contribution is -2.38. The lowest BCUT2D eigenvalue weighted by atomic mass is 9.97. The maximum absolute atomic E-state index is 11.5. The van der Waals surface area contributed by atoms with Gasteiger partial charge in [-0.25, -0.2) is 0 Å². The van der Waals surface area contributed by atoms with E-state index in [1.54, 1.807) is 17.7 Å². The average Bonchev–Trinajstić information content (AvgIpc) is 2.56. The van der Waals surface area contributed by atoms with E-state index in [4.69, 9.17) is 7.85 Å². The number of carbonyl (C=O) groups is 2. The van der Waals surface area contributed by atoms with Crippen molar-refractivity contribution in [2.24, 2.45) is 0 Å². The van der Waals surface area contributed by atoms with Gasteiger partial charge in [-0.15, -0.1) is 0 Å². The topological polar surface area (TPSA) is 37.4 Å². The van der Waals surface area contributed by atoms with E-state index in [-0.39, 0.29) is 11.8 Å². The van der Waals surface area contributed by atoms with E-state index in [1.807, 2.05) is 0 Å². The SMILES string of the molecule is [B]C(C)N1C(=O)c2cscc2C1=O. The fourth-order valence-corrected chi connectivity index (χ4v) is 2.15. The maximum Gasteiger partial charge on any atom is 0.261 e. The molecule has 0 aromatic carbocycles. The largest absolute Gasteiger partial charge is 0.281 e. The summed E-state index contributed by atoms with van der Waals surface area (Å²) in [5, 5.41) is 3.36. The third-order valence-electron chi connectivity index (χ3n) is 1.97. The first-order chi connectivity index (χ1) is 6.13. The first kappa shape index (κ1) is 8.50. The van der Waals surface area contributed by atoms with Crippen LogP contribution in [0.2, 0.25) is 0 Å². The Balaban J connectivity index is 2.49. The van der Waals surface area contributed by atoms with Crippen LogP contribution in [0.5, 0.6) is 0 Å². The predicted molar refractivity (Wildman–Crippen MR) is 50.0 cm³/mol. The number of thiophene rings is 1. The molecule has 1 aliphatic rings. The highest BCUT2D eigenvalue weighted by molar-refractivity contribution is 7.08. The van der Waals surface area contributed by atoms with Crippen LogP contribution in [-0.2, 0) is 0 Å². The summed E-state index contributed by atoms with van der Waals surface area (Å²) < 4.78 is 0. The minimum Gasteiger partial charge on any atom is -0.281 e. The van der Waals surface area contributed by atoms with Gasteiger partial charge >= 0.3 is 0 Å². The van der Waals surface area contributed by atoms with Crippen LogP contribution < -0.4 is 0 Å². The van der Waals surface area contributed by atoms with Gasteiger partial charge in [0.25, 0.3) is 11.8 Å². The molecule has 2 amide bonds. The van der Waals surface area contributed by atoms with Crippen LogP contribution in [0, 0.1) is 0 Å². The summed E-state index contributed by atoms with van der Waals surface area (Å²) in [6, 6.07) is 0. The molecule has 64 valence electrons. The Morgan fingerprint density at radius 1 is 1.31 bits per heavy atom. The van der Waals surface area contributed by atoms with Gasteiger partial charge in [0, 0.05) is 10.8 Å². The number of nitrogens with zero attached hydrogens (tertiary/aromatic N) is 1. The van der Waals surface area contributed by atoms with Crippen molar-refractivity contribution in [3.8, 4) is 0 Å². The van der Waals surface area contributed by atoms with Gasteiger partial charge in [-0.1, -0.05) is 6.92 Å². The zero-order valence-electron chi connectivity index (χ0n) is 6.98. The molecule has 1 aromatic rings. The van der Waals surface area contributed by atoms with Crippen LogP contribution in [0.3, 0.4) is 0 Å². The van der Waals surface area contributed by atoms with Crippen molar-refractivity contribution in [3.63, 3.8) is 0 Å². The number of imide groups is 1. The Kier molecular flexibility index (Phi) is 1.77. The van der Waals surface area contributed by atoms with Crippen molar-refractivity contribution >= 4 is 31.0 Å². The van der Waals surface area contributed by atoms with Crippen molar-refractivity contribution in [1.82, 2.24) is 4.90 Å². The first-order valence-corrected chi connectivity index (χ1v) is 4.77. The summed E-state index contributed by atoms with van der Waals surface area (Å²) in [6.07, 6.45) is 0. The molecule has 13 heavy (non-hydrogen) atoms. The van der Waals surface area contributed by atoms with E-state index >= 15 is 0 Å². The smallest absolute Gasteiger partial charge is 0.261 e. The Bertz CT molecular complexity index is 355. The fourth-order valence-electron chi connectivity index (χ4n) is 1.35. The molecule has 1 unspecified atom stereocenters. The summed E-state index contributed by atoms with van der Waals surface area (Å²) in [5.41, 5.74) is 0.958. The summed E-state index contributed by atoms with van der Waals surface area (Å²) in [7, 11) is 5.50. The Labute approximate surface area is 80.8 Å². The quantitative estimate of drug-likeness (QED) is 0.487. The van der Waals surface area contributed by atoms with Crippen LogP contribution >= 0.6 is 11.3 Å². The summed E-state index contributed by atoms with van der Waals surface area (Å²) in [6.45, 7) is 1.62. The summed E-state index contributed by atoms with van der Waals surface area (Å²) >= 11 is 1.35. The van der Waals surface area contributed by atoms with Crippen LogP contribution in [-0.4, -0.2) is 30.5 Å². The second kappa shape index (κ2) is 2.70. The first-order valence-electron chi connectivity index (χ1n) is 3.82. The third-order valence-corrected chi connectivity index (χ3v) is 2.71. The molecule has 1 aliphatic heterocycles. The van der Waals surface area contributed by atoms with Crippen molar-refractivity contribution in [3.05, 3.63) is 21.9 Å². The van der Waals surface area contributed by atoms with E-state index in [0.29, 0.717) is 11.1 Å². The maximum atomic E-state index is 11.5. The summed E-state index contributed by atoms with van der Waals surface area (Å²) in [5.74, 6) is -1.12. The molecular weight excluding hydrogens is 185 g/mol. The standard InChI is InChI=1S/C8H6BNO2S/c1-4(9)10-7(11)5-2-13-3-6(5)8(10)12/h2-4H,1H3. The van der Waals surface area contributed by atoms with Crippen molar-refractivity contribution in [2.75, 3.05) is 0 Å². The lowest BCUT2D eigenvalue weighted by Gasteiger charge is -2.18. The molecule has 0 saturated heterocycles. The monoisotopic (exact) mass is 191 g/mol. The molecule has 5 heteroatoms. The fraction of sp³-hybridized carbons (Fsp3) is 0.250. The summed E-state index contributed by atoms with van der Waals surface area (Å²) in [4.78, 5) is 24.2. The van der Waals surface area contributed by atoms with E-state index < -0.39 is 5.94 Å². The molecule has 0 fully saturated rings. The number of rotatable bonds is 1. The molecule has 0 aliphatic carbocycles. The molecule has 1 atom stereocenters. The van der Waals surface area contributed by atoms with Crippen LogP contribution in [0.25, 0.3) is 0 Å². The lowest BCUT2D eigenvalue weighted by molar-refractivity contribution is 0.0642. The zero-order chi connectivity index (χ0) is 9.59. The molecule has 0 spiro atoms. The van der Waals surface area contributed by atoms with E-state index in [9.17, 15) is 9.59 Å². The van der Waals surface area contributed by atoms with Gasteiger partial charge in [0.15, 0.2) is 0 Å². The van der Waals surface area contributed by atoms with Crippen molar-refractivity contribution in [1.29, 1.82) is 0 Å². The van der Waals surface area contributed by atoms with Gasteiger partial charge in [0.05, 0.1) is 19.0 Å². The second-order valence-electron chi connectivity index (χ2n) is 2.92. The third kappa shape index (κ3) is 1.04. The van der Waals surface area contributed by atoms with Crippen LogP contribution in [0.1, 0.15) is 27.6 Å². The molecule has 2 rings (SSSR count). The van der Waals surface area contributed by atoms with Gasteiger partial charge < -0.3 is 0 Å². The minimum absolute atomic E-state index is 0.281. The molecule has 2 heterocycles. The molecule has 3 nitrogen and oxygen atoms in total. The van der Waals surface area contributed by atoms with E-state index in [2.05, 4.69) is 0 Å². The molecule has 2 radical (unpaired) electrons. The highest BCUT2D eigenvalue weighted by Gasteiger charge is 2.37. The van der Waals surface area contributed by atoms with Gasteiger partial charge in [0.1, 0.15) is 0 Å². The van der Waals surface area contributed by atoms with Crippen LogP contribution in [0.15, 0.2) is 10.8 Å². The van der Waals surface area contributed by atoms with Crippen molar-refractivity contribution in [2.45, 2.75) is 12.9 Å². The number of amides is 2. The number of hydrogen-bond donors (Lipinski definition) is 0. The van der Waals surface area contributed by atoms with Gasteiger partial charge in [-0.05, 0) is 5.94 Å². The normalized spacial score (nSPS) is 17.8. The van der Waals surface area contributed by atoms with Gasteiger partial charge in [-0.3, -0.25) is 14.5 Å². The molecule has 0 bridgehead atoms. The van der Waals surface area contributed by atoms with Crippen LogP contribution in [0.4, 0.5) is 0 Å². The van der Waals surface area contributed by atoms with Crippen molar-refractivity contribution < 1.29 is 9.59 Å². The van der Waals surface area contributed by atoms with Gasteiger partial charge in [-0.2, -0.15) is 11.3 Å². The zero-order valence-corrected chi connectivity index (χ0v) is 7.80. The molecule has 1 aromatic heterocycles. The Morgan fingerprint density at radius 2 is 1.77 bits per heavy atom. The number of hydrogen-bond acceptors (Lipinski definition) is 3. The minimum atomic E-state index is -0.558. The predicted octanol–water partition coefficient (Wildman–Crippen LogP) is 0.859. The number of fused-ring (bicyclic) bond motifs is 1. The highest BCUT2D eigenvalue weighted by atomic mass is 32.1. The van der Waals surface area contributed by atoms with E-state index in [1.165, 1.54) is 11.3 Å². The average molecular weight is 191 g/mol.